The fourth-order valence-corrected chi connectivity index (χ4v) is 4.97. The number of hydrogen-bond acceptors (Lipinski definition) is 4. The highest BCUT2D eigenvalue weighted by atomic mass is 16.2. The van der Waals surface area contributed by atoms with Gasteiger partial charge in [0.15, 0.2) is 0 Å². The van der Waals surface area contributed by atoms with Crippen LogP contribution >= 0.6 is 0 Å². The first kappa shape index (κ1) is 15.6. The molecule has 4 N–H and O–H groups in total. The summed E-state index contributed by atoms with van der Waals surface area (Å²) in [6, 6.07) is 3.34. The van der Waals surface area contributed by atoms with Gasteiger partial charge in [-0.3, -0.25) is 14.9 Å². The van der Waals surface area contributed by atoms with E-state index in [0.29, 0.717) is 12.2 Å². The average Bonchev–Trinajstić information content (AvgIpc) is 3.02. The molecule has 2 fully saturated rings. The number of hydrogen-bond donors (Lipinski definition) is 3. The number of aromatic nitrogens is 1. The number of nitrogens with two attached hydrogens (primary N) is 1. The molecule has 128 valence electrons. The Bertz CT molecular complexity index is 719. The molecule has 1 saturated heterocycles. The van der Waals surface area contributed by atoms with Gasteiger partial charge in [0.25, 0.3) is 0 Å². The molecule has 1 saturated carbocycles. The van der Waals surface area contributed by atoms with Crippen LogP contribution in [-0.2, 0) is 15.0 Å². The molecule has 3 aliphatic rings. The minimum absolute atomic E-state index is 0.0489. The third-order valence-corrected chi connectivity index (χ3v) is 6.47. The summed E-state index contributed by atoms with van der Waals surface area (Å²) < 4.78 is 0. The summed E-state index contributed by atoms with van der Waals surface area (Å²) in [7, 11) is 0. The number of pyridine rings is 1. The molecule has 0 aromatic carbocycles. The molecule has 2 amide bonds. The number of rotatable bonds is 1. The van der Waals surface area contributed by atoms with Crippen LogP contribution in [0.1, 0.15) is 51.5 Å². The fourth-order valence-electron chi connectivity index (χ4n) is 4.97. The second-order valence-corrected chi connectivity index (χ2v) is 8.31. The highest BCUT2D eigenvalue weighted by molar-refractivity contribution is 6.07. The predicted octanol–water partition coefficient (Wildman–Crippen LogP) is 1.46. The largest absolute Gasteiger partial charge is 0.368 e. The van der Waals surface area contributed by atoms with Gasteiger partial charge in [-0.2, -0.15) is 0 Å². The van der Waals surface area contributed by atoms with Crippen LogP contribution in [0.3, 0.4) is 0 Å². The minimum Gasteiger partial charge on any atom is -0.368 e. The van der Waals surface area contributed by atoms with Crippen LogP contribution in [0.25, 0.3) is 0 Å². The summed E-state index contributed by atoms with van der Waals surface area (Å²) in [4.78, 5) is 29.4. The number of carbonyl (C=O) groups is 2. The number of carbonyl (C=O) groups excluding carboxylic acids is 2. The Hall–Kier alpha value is -1.95. The number of nitrogens with zero attached hydrogens (tertiary/aromatic N) is 1. The van der Waals surface area contributed by atoms with E-state index in [1.807, 2.05) is 12.1 Å². The average molecular weight is 328 g/mol. The van der Waals surface area contributed by atoms with Gasteiger partial charge in [0, 0.05) is 17.3 Å². The standard InChI is InChI=1S/C18H24N4O2/c1-16(2)5-7-17(8-6-16)18(10-12(22-17)13(19)23)11-4-3-9-20-14(11)21-15(18)24/h3-4,9,12,22H,5-8,10H2,1-2H3,(H2,19,23)(H,20,21,24). The zero-order valence-electron chi connectivity index (χ0n) is 14.2. The molecule has 2 unspecified atom stereocenters. The number of nitrogens with one attached hydrogen (secondary N) is 2. The molecule has 2 aliphatic heterocycles. The molecule has 2 spiro atoms. The van der Waals surface area contributed by atoms with Gasteiger partial charge in [0.05, 0.1) is 11.5 Å². The van der Waals surface area contributed by atoms with E-state index in [4.69, 9.17) is 5.73 Å². The Morgan fingerprint density at radius 1 is 1.29 bits per heavy atom. The Kier molecular flexibility index (Phi) is 3.10. The van der Waals surface area contributed by atoms with Crippen molar-refractivity contribution < 1.29 is 9.59 Å². The van der Waals surface area contributed by atoms with E-state index >= 15 is 0 Å². The monoisotopic (exact) mass is 328 g/mol. The molecular formula is C18H24N4O2. The van der Waals surface area contributed by atoms with E-state index < -0.39 is 17.0 Å². The van der Waals surface area contributed by atoms with Crippen molar-refractivity contribution >= 4 is 17.6 Å². The fraction of sp³-hybridized carbons (Fsp3) is 0.611. The lowest BCUT2D eigenvalue weighted by molar-refractivity contribution is -0.123. The first-order valence-electron chi connectivity index (χ1n) is 8.64. The van der Waals surface area contributed by atoms with Gasteiger partial charge in [0.1, 0.15) is 5.82 Å². The summed E-state index contributed by atoms with van der Waals surface area (Å²) in [5.41, 5.74) is 5.59. The number of amides is 2. The van der Waals surface area contributed by atoms with Crippen LogP contribution < -0.4 is 16.4 Å². The number of fused-ring (bicyclic) bond motifs is 3. The van der Waals surface area contributed by atoms with E-state index in [1.165, 1.54) is 0 Å². The molecule has 0 radical (unpaired) electrons. The normalized spacial score (nSPS) is 32.8. The van der Waals surface area contributed by atoms with Crippen LogP contribution in [0.15, 0.2) is 18.3 Å². The van der Waals surface area contributed by atoms with E-state index in [2.05, 4.69) is 29.5 Å². The maximum absolute atomic E-state index is 13.1. The molecule has 2 atom stereocenters. The van der Waals surface area contributed by atoms with Gasteiger partial charge >= 0.3 is 0 Å². The van der Waals surface area contributed by atoms with Crippen LogP contribution in [0.4, 0.5) is 5.82 Å². The summed E-state index contributed by atoms with van der Waals surface area (Å²) >= 11 is 0. The third kappa shape index (κ3) is 1.89. The predicted molar refractivity (Wildman–Crippen MR) is 90.3 cm³/mol. The quantitative estimate of drug-likeness (QED) is 0.727. The number of primary amides is 1. The molecule has 1 aromatic heterocycles. The molecule has 6 nitrogen and oxygen atoms in total. The van der Waals surface area contributed by atoms with E-state index in [9.17, 15) is 9.59 Å². The molecule has 0 bridgehead atoms. The molecule has 3 heterocycles. The minimum atomic E-state index is -0.757. The SMILES string of the molecule is CC1(C)CCC2(CC1)NC(C(N)=O)CC21C(=O)Nc2ncccc21. The van der Waals surface area contributed by atoms with Crippen LogP contribution in [0.2, 0.25) is 0 Å². The Morgan fingerprint density at radius 2 is 2.00 bits per heavy atom. The summed E-state index contributed by atoms with van der Waals surface area (Å²) in [5, 5.41) is 6.42. The first-order valence-corrected chi connectivity index (χ1v) is 8.64. The van der Waals surface area contributed by atoms with Crippen molar-refractivity contribution in [1.29, 1.82) is 0 Å². The molecule has 4 rings (SSSR count). The summed E-state index contributed by atoms with van der Waals surface area (Å²) in [6.45, 7) is 4.52. The van der Waals surface area contributed by atoms with E-state index in [-0.39, 0.29) is 17.2 Å². The van der Waals surface area contributed by atoms with Crippen LogP contribution in [0, 0.1) is 5.41 Å². The summed E-state index contributed by atoms with van der Waals surface area (Å²) in [5.74, 6) is 0.187. The van der Waals surface area contributed by atoms with Gasteiger partial charge in [-0.1, -0.05) is 19.9 Å². The second-order valence-electron chi connectivity index (χ2n) is 8.31. The van der Waals surface area contributed by atoms with E-state index in [1.54, 1.807) is 6.20 Å². The Morgan fingerprint density at radius 3 is 2.67 bits per heavy atom. The zero-order valence-corrected chi connectivity index (χ0v) is 14.2. The topological polar surface area (TPSA) is 97.1 Å². The van der Waals surface area contributed by atoms with Crippen molar-refractivity contribution in [3.63, 3.8) is 0 Å². The van der Waals surface area contributed by atoms with Crippen molar-refractivity contribution in [3.8, 4) is 0 Å². The van der Waals surface area contributed by atoms with E-state index in [0.717, 1.165) is 31.2 Å². The van der Waals surface area contributed by atoms with Gasteiger partial charge in [0.2, 0.25) is 11.8 Å². The Balaban J connectivity index is 1.86. The summed E-state index contributed by atoms with van der Waals surface area (Å²) in [6.07, 6.45) is 5.82. The Labute approximate surface area is 141 Å². The molecule has 1 aromatic rings. The lowest BCUT2D eigenvalue weighted by Gasteiger charge is -2.48. The lowest BCUT2D eigenvalue weighted by atomic mass is 9.57. The maximum atomic E-state index is 13.1. The van der Waals surface area contributed by atoms with Crippen molar-refractivity contribution in [2.24, 2.45) is 11.1 Å². The van der Waals surface area contributed by atoms with Gasteiger partial charge in [-0.15, -0.1) is 0 Å². The second kappa shape index (κ2) is 4.79. The highest BCUT2D eigenvalue weighted by Crippen LogP contribution is 2.58. The molecule has 24 heavy (non-hydrogen) atoms. The van der Waals surface area contributed by atoms with Crippen LogP contribution in [0.5, 0.6) is 0 Å². The number of anilines is 1. The first-order chi connectivity index (χ1) is 11.3. The molecule has 1 aliphatic carbocycles. The molecular weight excluding hydrogens is 304 g/mol. The van der Waals surface area contributed by atoms with Crippen molar-refractivity contribution in [2.75, 3.05) is 5.32 Å². The molecule has 6 heteroatoms. The smallest absolute Gasteiger partial charge is 0.238 e. The van der Waals surface area contributed by atoms with Crippen molar-refractivity contribution in [2.45, 2.75) is 62.9 Å². The van der Waals surface area contributed by atoms with Crippen molar-refractivity contribution in [1.82, 2.24) is 10.3 Å². The van der Waals surface area contributed by atoms with Gasteiger partial charge in [-0.05, 0) is 43.6 Å². The zero-order chi connectivity index (χ0) is 17.2. The van der Waals surface area contributed by atoms with Gasteiger partial charge < -0.3 is 11.1 Å². The third-order valence-electron chi connectivity index (χ3n) is 6.47. The highest BCUT2D eigenvalue weighted by Gasteiger charge is 2.67. The maximum Gasteiger partial charge on any atom is 0.238 e. The van der Waals surface area contributed by atoms with Crippen LogP contribution in [-0.4, -0.2) is 28.4 Å². The van der Waals surface area contributed by atoms with Crippen molar-refractivity contribution in [3.05, 3.63) is 23.9 Å². The lowest BCUT2D eigenvalue weighted by Crippen LogP contribution is -2.60. The van der Waals surface area contributed by atoms with Gasteiger partial charge in [-0.25, -0.2) is 4.98 Å².